The summed E-state index contributed by atoms with van der Waals surface area (Å²) < 4.78 is 37.9. The lowest BCUT2D eigenvalue weighted by Crippen LogP contribution is -2.22. The second-order valence-electron chi connectivity index (χ2n) is 6.15. The topological polar surface area (TPSA) is 70.7 Å². The smallest absolute Gasteiger partial charge is 0.361 e. The van der Waals surface area contributed by atoms with Gasteiger partial charge < -0.3 is 10.3 Å². The molecule has 0 saturated heterocycles. The summed E-state index contributed by atoms with van der Waals surface area (Å²) in [6.07, 6.45) is 2.02. The summed E-state index contributed by atoms with van der Waals surface area (Å²) >= 11 is 0. The van der Waals surface area contributed by atoms with Crippen LogP contribution in [0.4, 0.5) is 19.0 Å². The molecule has 0 amide bonds. The first-order chi connectivity index (χ1) is 12.4. The maximum absolute atomic E-state index is 12.6. The Morgan fingerprint density at radius 2 is 2.12 bits per heavy atom. The standard InChI is InChI=1S/C18H13F3N4O/c19-18(20,21)9-24-16-12-5-6-22-8-13(12)14-15(25-16)11(7-23-17(14)26)4-3-10-1-2-10/h5-8,10H,1-2,9H2,(H,23,26)(H,24,25). The molecule has 1 aliphatic rings. The van der Waals surface area contributed by atoms with Crippen molar-refractivity contribution in [3.8, 4) is 11.8 Å². The van der Waals surface area contributed by atoms with Gasteiger partial charge in [0.1, 0.15) is 12.4 Å². The second kappa shape index (κ2) is 6.02. The van der Waals surface area contributed by atoms with Crippen molar-refractivity contribution >= 4 is 27.5 Å². The van der Waals surface area contributed by atoms with Crippen LogP contribution in [-0.2, 0) is 0 Å². The Kier molecular flexibility index (Phi) is 3.80. The van der Waals surface area contributed by atoms with Gasteiger partial charge in [-0.2, -0.15) is 13.2 Å². The van der Waals surface area contributed by atoms with Crippen molar-refractivity contribution in [2.24, 2.45) is 5.92 Å². The molecule has 132 valence electrons. The van der Waals surface area contributed by atoms with Crippen LogP contribution in [0.1, 0.15) is 18.4 Å². The number of aromatic amines is 1. The van der Waals surface area contributed by atoms with E-state index in [0.717, 1.165) is 12.8 Å². The lowest BCUT2D eigenvalue weighted by Gasteiger charge is -2.13. The fourth-order valence-electron chi connectivity index (χ4n) is 2.68. The molecular weight excluding hydrogens is 345 g/mol. The average Bonchev–Trinajstić information content (AvgIpc) is 3.42. The Morgan fingerprint density at radius 3 is 2.85 bits per heavy atom. The normalized spacial score (nSPS) is 14.3. The third-order valence-electron chi connectivity index (χ3n) is 4.08. The molecule has 8 heteroatoms. The highest BCUT2D eigenvalue weighted by atomic mass is 19.4. The molecule has 0 unspecified atom stereocenters. The number of halogens is 3. The molecule has 0 aliphatic heterocycles. The number of hydrogen-bond acceptors (Lipinski definition) is 4. The van der Waals surface area contributed by atoms with E-state index >= 15 is 0 Å². The van der Waals surface area contributed by atoms with E-state index in [2.05, 4.69) is 32.1 Å². The lowest BCUT2D eigenvalue weighted by atomic mass is 10.1. The predicted molar refractivity (Wildman–Crippen MR) is 91.8 cm³/mol. The number of aromatic nitrogens is 3. The minimum absolute atomic E-state index is 0.0484. The number of nitrogens with zero attached hydrogens (tertiary/aromatic N) is 2. The minimum atomic E-state index is -4.39. The molecule has 5 nitrogen and oxygen atoms in total. The van der Waals surface area contributed by atoms with Crippen molar-refractivity contribution in [1.29, 1.82) is 0 Å². The summed E-state index contributed by atoms with van der Waals surface area (Å²) in [4.78, 5) is 23.3. The van der Waals surface area contributed by atoms with Crippen molar-refractivity contribution in [2.75, 3.05) is 11.9 Å². The van der Waals surface area contributed by atoms with Gasteiger partial charge in [0, 0.05) is 35.3 Å². The van der Waals surface area contributed by atoms with Crippen LogP contribution in [0.3, 0.4) is 0 Å². The summed E-state index contributed by atoms with van der Waals surface area (Å²) in [5.74, 6) is 6.45. The van der Waals surface area contributed by atoms with E-state index in [1.54, 1.807) is 0 Å². The van der Waals surface area contributed by atoms with E-state index in [-0.39, 0.29) is 22.3 Å². The van der Waals surface area contributed by atoms with Gasteiger partial charge >= 0.3 is 6.18 Å². The number of anilines is 1. The molecule has 26 heavy (non-hydrogen) atoms. The Hall–Kier alpha value is -3.08. The molecule has 3 heterocycles. The van der Waals surface area contributed by atoms with Crippen molar-refractivity contribution in [1.82, 2.24) is 15.0 Å². The van der Waals surface area contributed by atoms with Gasteiger partial charge in [-0.1, -0.05) is 11.8 Å². The number of hydrogen-bond donors (Lipinski definition) is 2. The zero-order valence-electron chi connectivity index (χ0n) is 13.4. The second-order valence-corrected chi connectivity index (χ2v) is 6.15. The predicted octanol–water partition coefficient (Wildman–Crippen LogP) is 3.21. The zero-order chi connectivity index (χ0) is 18.3. The van der Waals surface area contributed by atoms with Crippen molar-refractivity contribution in [3.05, 3.63) is 40.6 Å². The fourth-order valence-corrected chi connectivity index (χ4v) is 2.68. The quantitative estimate of drug-likeness (QED) is 0.545. The molecule has 0 bridgehead atoms. The third-order valence-corrected chi connectivity index (χ3v) is 4.08. The summed E-state index contributed by atoms with van der Waals surface area (Å²) in [7, 11) is 0. The van der Waals surface area contributed by atoms with Crippen LogP contribution >= 0.6 is 0 Å². The first kappa shape index (κ1) is 16.4. The molecule has 0 radical (unpaired) electrons. The van der Waals surface area contributed by atoms with Gasteiger partial charge in [0.2, 0.25) is 0 Å². The maximum atomic E-state index is 12.6. The SMILES string of the molecule is O=c1[nH]cc(C#CC2CC2)c2nc(NCC(F)(F)F)c3ccncc3c12. The first-order valence-corrected chi connectivity index (χ1v) is 8.03. The van der Waals surface area contributed by atoms with Gasteiger partial charge in [-0.25, -0.2) is 4.98 Å². The zero-order valence-corrected chi connectivity index (χ0v) is 13.4. The van der Waals surface area contributed by atoms with Crippen LogP contribution in [0.15, 0.2) is 29.5 Å². The number of rotatable bonds is 2. The van der Waals surface area contributed by atoms with Crippen LogP contribution in [-0.4, -0.2) is 27.7 Å². The van der Waals surface area contributed by atoms with E-state index in [4.69, 9.17) is 0 Å². The Labute approximate surface area is 145 Å². The molecule has 0 spiro atoms. The van der Waals surface area contributed by atoms with E-state index in [1.807, 2.05) is 0 Å². The van der Waals surface area contributed by atoms with Gasteiger partial charge in [0.05, 0.1) is 16.5 Å². The molecule has 0 aromatic carbocycles. The number of nitrogens with one attached hydrogen (secondary N) is 2. The van der Waals surface area contributed by atoms with Gasteiger partial charge in [-0.05, 0) is 18.9 Å². The molecule has 3 aromatic heterocycles. The Morgan fingerprint density at radius 1 is 1.31 bits per heavy atom. The molecule has 2 N–H and O–H groups in total. The maximum Gasteiger partial charge on any atom is 0.405 e. The summed E-state index contributed by atoms with van der Waals surface area (Å²) in [6, 6.07) is 1.53. The highest BCUT2D eigenvalue weighted by Gasteiger charge is 2.27. The lowest BCUT2D eigenvalue weighted by molar-refractivity contribution is -0.115. The Balaban J connectivity index is 1.97. The van der Waals surface area contributed by atoms with Gasteiger partial charge in [0.15, 0.2) is 0 Å². The van der Waals surface area contributed by atoms with Crippen LogP contribution in [0, 0.1) is 17.8 Å². The summed E-state index contributed by atoms with van der Waals surface area (Å²) in [5, 5.41) is 3.42. The summed E-state index contributed by atoms with van der Waals surface area (Å²) in [6.45, 7) is -1.23. The first-order valence-electron chi connectivity index (χ1n) is 8.03. The monoisotopic (exact) mass is 358 g/mol. The van der Waals surface area contributed by atoms with Crippen molar-refractivity contribution in [2.45, 2.75) is 19.0 Å². The highest BCUT2D eigenvalue weighted by molar-refractivity contribution is 6.10. The fraction of sp³-hybridized carbons (Fsp3) is 0.278. The Bertz CT molecular complexity index is 1120. The molecule has 4 rings (SSSR count). The van der Waals surface area contributed by atoms with Crippen LogP contribution in [0.25, 0.3) is 21.7 Å². The molecule has 1 fully saturated rings. The van der Waals surface area contributed by atoms with Crippen LogP contribution in [0.2, 0.25) is 0 Å². The molecular formula is C18H13F3N4O. The number of pyridine rings is 3. The van der Waals surface area contributed by atoms with E-state index in [9.17, 15) is 18.0 Å². The summed E-state index contributed by atoms with van der Waals surface area (Å²) in [5.41, 5.74) is 0.365. The molecule has 0 atom stereocenters. The van der Waals surface area contributed by atoms with Crippen LogP contribution < -0.4 is 10.9 Å². The number of fused-ring (bicyclic) bond motifs is 3. The van der Waals surface area contributed by atoms with Gasteiger partial charge in [0.25, 0.3) is 5.56 Å². The van der Waals surface area contributed by atoms with E-state index in [0.29, 0.717) is 22.3 Å². The largest absolute Gasteiger partial charge is 0.405 e. The van der Waals surface area contributed by atoms with E-state index in [1.165, 1.54) is 24.7 Å². The van der Waals surface area contributed by atoms with Crippen LogP contribution in [0.5, 0.6) is 0 Å². The number of H-pyrrole nitrogens is 1. The number of alkyl halides is 3. The van der Waals surface area contributed by atoms with Crippen molar-refractivity contribution in [3.63, 3.8) is 0 Å². The minimum Gasteiger partial charge on any atom is -0.361 e. The van der Waals surface area contributed by atoms with E-state index < -0.39 is 12.7 Å². The molecule has 3 aromatic rings. The van der Waals surface area contributed by atoms with Gasteiger partial charge in [-0.15, -0.1) is 0 Å². The third kappa shape index (κ3) is 3.20. The van der Waals surface area contributed by atoms with Gasteiger partial charge in [-0.3, -0.25) is 9.78 Å². The molecule has 1 saturated carbocycles. The van der Waals surface area contributed by atoms with Crippen molar-refractivity contribution < 1.29 is 13.2 Å². The molecule has 1 aliphatic carbocycles. The highest BCUT2D eigenvalue weighted by Crippen LogP contribution is 2.30. The average molecular weight is 358 g/mol.